The molecule has 3 atom stereocenters. The number of nitrogens with two attached hydrogens (primary N) is 1. The molecule has 0 spiro atoms. The van der Waals surface area contributed by atoms with Crippen molar-refractivity contribution in [2.75, 3.05) is 33.2 Å². The molecule has 2 rings (SSSR count). The third-order valence-electron chi connectivity index (χ3n) is 5.48. The van der Waals surface area contributed by atoms with E-state index >= 15 is 0 Å². The van der Waals surface area contributed by atoms with Crippen molar-refractivity contribution < 1.29 is 28.4 Å². The van der Waals surface area contributed by atoms with Crippen molar-refractivity contribution in [3.8, 4) is 0 Å². The van der Waals surface area contributed by atoms with Crippen LogP contribution >= 0.6 is 0 Å². The van der Waals surface area contributed by atoms with E-state index in [4.69, 9.17) is 15.8 Å². The Labute approximate surface area is 154 Å². The molecule has 0 aromatic rings. The van der Waals surface area contributed by atoms with Gasteiger partial charge in [0.1, 0.15) is 5.54 Å². The van der Waals surface area contributed by atoms with Crippen LogP contribution in [0, 0.1) is 5.92 Å². The molecule has 0 radical (unpaired) electrons. The van der Waals surface area contributed by atoms with Gasteiger partial charge in [-0.3, -0.25) is 4.79 Å². The van der Waals surface area contributed by atoms with Crippen molar-refractivity contribution in [2.24, 2.45) is 11.7 Å². The third kappa shape index (κ3) is 4.56. The number of hydrogen-bond donors (Lipinski definition) is 5. The van der Waals surface area contributed by atoms with E-state index in [1.807, 2.05) is 0 Å². The van der Waals surface area contributed by atoms with Gasteiger partial charge < -0.3 is 26.2 Å². The monoisotopic (exact) mass is 392 g/mol. The van der Waals surface area contributed by atoms with Crippen LogP contribution in [0.25, 0.3) is 0 Å². The normalized spacial score (nSPS) is 30.7. The SMILES string of the molecule is CN([C@@H]1CCCNC1)S(=O)(=O)N1C[C@H](CCCB(O)O)[C@](N)(C(=O)O)C1. The van der Waals surface area contributed by atoms with E-state index in [1.54, 1.807) is 0 Å². The third-order valence-corrected chi connectivity index (χ3v) is 7.44. The standard InChI is InChI=1S/C14H29BN4O6S/c1-18(12-5-3-7-17-8-12)26(24,25)19-9-11(4-2-6-15(22)23)14(16,10-19)13(20)21/h11-12,17,22-23H,2-10,16H2,1H3,(H,20,21)/t11-,12+,14-/m0/s1. The van der Waals surface area contributed by atoms with Gasteiger partial charge in [-0.15, -0.1) is 0 Å². The molecule has 2 aliphatic heterocycles. The van der Waals surface area contributed by atoms with Gasteiger partial charge in [0.25, 0.3) is 10.2 Å². The Balaban J connectivity index is 2.12. The van der Waals surface area contributed by atoms with Crippen molar-refractivity contribution >= 4 is 23.3 Å². The molecule has 2 saturated heterocycles. The summed E-state index contributed by atoms with van der Waals surface area (Å²) < 4.78 is 28.4. The summed E-state index contributed by atoms with van der Waals surface area (Å²) in [6.07, 6.45) is 2.38. The Morgan fingerprint density at radius 2 is 2.15 bits per heavy atom. The average molecular weight is 392 g/mol. The summed E-state index contributed by atoms with van der Waals surface area (Å²) in [5.41, 5.74) is 4.39. The molecule has 0 amide bonds. The Morgan fingerprint density at radius 1 is 1.46 bits per heavy atom. The number of carboxylic acid groups (broad SMARTS) is 1. The van der Waals surface area contributed by atoms with Crippen LogP contribution in [0.3, 0.4) is 0 Å². The predicted molar refractivity (Wildman–Crippen MR) is 96.4 cm³/mol. The quantitative estimate of drug-likeness (QED) is 0.294. The van der Waals surface area contributed by atoms with Gasteiger partial charge in [0, 0.05) is 38.6 Å². The van der Waals surface area contributed by atoms with Gasteiger partial charge >= 0.3 is 13.1 Å². The first-order valence-corrected chi connectivity index (χ1v) is 10.3. The van der Waals surface area contributed by atoms with Crippen LogP contribution in [-0.2, 0) is 15.0 Å². The highest BCUT2D eigenvalue weighted by Crippen LogP contribution is 2.33. The second-order valence-electron chi connectivity index (χ2n) is 7.27. The zero-order valence-electron chi connectivity index (χ0n) is 15.0. The fourth-order valence-electron chi connectivity index (χ4n) is 3.72. The van der Waals surface area contributed by atoms with Gasteiger partial charge in [-0.2, -0.15) is 17.0 Å². The van der Waals surface area contributed by atoms with E-state index in [9.17, 15) is 18.3 Å². The number of nitrogens with zero attached hydrogens (tertiary/aromatic N) is 2. The minimum Gasteiger partial charge on any atom is -0.480 e. The molecule has 0 aliphatic carbocycles. The van der Waals surface area contributed by atoms with Gasteiger partial charge in [-0.1, -0.05) is 6.42 Å². The minimum atomic E-state index is -3.83. The number of nitrogens with one attached hydrogen (secondary N) is 1. The first kappa shape index (κ1) is 21.5. The van der Waals surface area contributed by atoms with Gasteiger partial charge in [0.15, 0.2) is 0 Å². The van der Waals surface area contributed by atoms with E-state index in [0.29, 0.717) is 19.4 Å². The van der Waals surface area contributed by atoms with Crippen LogP contribution in [0.1, 0.15) is 25.7 Å². The maximum absolute atomic E-state index is 13.0. The lowest BCUT2D eigenvalue weighted by molar-refractivity contribution is -0.144. The largest absolute Gasteiger partial charge is 0.480 e. The molecular weight excluding hydrogens is 363 g/mol. The molecule has 2 heterocycles. The summed E-state index contributed by atoms with van der Waals surface area (Å²) in [6.45, 7) is 1.14. The molecule has 26 heavy (non-hydrogen) atoms. The number of likely N-dealkylation sites (N-methyl/N-ethyl adjacent to an activating group) is 1. The zero-order valence-corrected chi connectivity index (χ0v) is 15.9. The fourth-order valence-corrected chi connectivity index (χ4v) is 5.39. The van der Waals surface area contributed by atoms with E-state index in [1.165, 1.54) is 11.4 Å². The molecule has 0 saturated carbocycles. The maximum atomic E-state index is 13.0. The average Bonchev–Trinajstić information content (AvgIpc) is 2.94. The maximum Gasteiger partial charge on any atom is 0.451 e. The van der Waals surface area contributed by atoms with E-state index in [-0.39, 0.29) is 25.5 Å². The van der Waals surface area contributed by atoms with Gasteiger partial charge in [-0.05, 0) is 32.1 Å². The van der Waals surface area contributed by atoms with Gasteiger partial charge in [0.2, 0.25) is 0 Å². The lowest BCUT2D eigenvalue weighted by atomic mass is 9.78. The smallest absolute Gasteiger partial charge is 0.451 e. The molecule has 12 heteroatoms. The molecule has 10 nitrogen and oxygen atoms in total. The first-order valence-electron chi connectivity index (χ1n) is 8.91. The van der Waals surface area contributed by atoms with E-state index in [0.717, 1.165) is 23.7 Å². The Bertz CT molecular complexity index is 600. The highest BCUT2D eigenvalue weighted by atomic mass is 32.2. The summed E-state index contributed by atoms with van der Waals surface area (Å²) in [5.74, 6) is -1.84. The molecule has 6 N–H and O–H groups in total. The molecule has 0 bridgehead atoms. The Hall–Kier alpha value is -0.755. The fraction of sp³-hybridized carbons (Fsp3) is 0.929. The Kier molecular flexibility index (Phi) is 7.05. The number of rotatable bonds is 8. The molecule has 0 unspecified atom stereocenters. The number of piperidine rings is 1. The molecule has 2 aliphatic rings. The molecule has 150 valence electrons. The van der Waals surface area contributed by atoms with Crippen molar-refractivity contribution in [2.45, 2.75) is 43.6 Å². The van der Waals surface area contributed by atoms with Crippen LogP contribution < -0.4 is 11.1 Å². The van der Waals surface area contributed by atoms with E-state index in [2.05, 4.69) is 5.32 Å². The predicted octanol–water partition coefficient (Wildman–Crippen LogP) is -2.12. The lowest BCUT2D eigenvalue weighted by Gasteiger charge is -2.33. The van der Waals surface area contributed by atoms with Crippen molar-refractivity contribution in [1.82, 2.24) is 13.9 Å². The van der Waals surface area contributed by atoms with Crippen molar-refractivity contribution in [3.05, 3.63) is 0 Å². The summed E-state index contributed by atoms with van der Waals surface area (Å²) >= 11 is 0. The van der Waals surface area contributed by atoms with Gasteiger partial charge in [-0.25, -0.2) is 0 Å². The summed E-state index contributed by atoms with van der Waals surface area (Å²) in [7, 11) is -3.79. The van der Waals surface area contributed by atoms with Crippen LogP contribution in [-0.4, -0.2) is 90.1 Å². The van der Waals surface area contributed by atoms with Crippen molar-refractivity contribution in [1.29, 1.82) is 0 Å². The topological polar surface area (TPSA) is 156 Å². The minimum absolute atomic E-state index is 0.0111. The number of aliphatic carboxylic acids is 1. The second kappa shape index (κ2) is 8.51. The highest BCUT2D eigenvalue weighted by Gasteiger charge is 2.53. The number of carbonyl (C=O) groups is 1. The van der Waals surface area contributed by atoms with Crippen LogP contribution in [0.2, 0.25) is 6.32 Å². The molecular formula is C14H29BN4O6S. The first-order chi connectivity index (χ1) is 12.1. The number of hydrogen-bond acceptors (Lipinski definition) is 7. The van der Waals surface area contributed by atoms with Crippen molar-refractivity contribution in [3.63, 3.8) is 0 Å². The molecule has 0 aromatic heterocycles. The van der Waals surface area contributed by atoms with Crippen LogP contribution in [0.15, 0.2) is 0 Å². The summed E-state index contributed by atoms with van der Waals surface area (Å²) in [5, 5.41) is 30.6. The van der Waals surface area contributed by atoms with E-state index < -0.39 is 34.8 Å². The lowest BCUT2D eigenvalue weighted by Crippen LogP contribution is -2.56. The summed E-state index contributed by atoms with van der Waals surface area (Å²) in [6, 6.07) is -0.172. The molecule has 0 aromatic carbocycles. The second-order valence-corrected chi connectivity index (χ2v) is 9.26. The summed E-state index contributed by atoms with van der Waals surface area (Å²) in [4.78, 5) is 11.7. The van der Waals surface area contributed by atoms with Crippen LogP contribution in [0.4, 0.5) is 0 Å². The van der Waals surface area contributed by atoms with Crippen LogP contribution in [0.5, 0.6) is 0 Å². The highest BCUT2D eigenvalue weighted by molar-refractivity contribution is 7.86. The zero-order chi connectivity index (χ0) is 19.5. The van der Waals surface area contributed by atoms with Gasteiger partial charge in [0.05, 0.1) is 0 Å². The number of carboxylic acids is 1. The Morgan fingerprint density at radius 3 is 2.69 bits per heavy atom. The molecule has 2 fully saturated rings.